The molecule has 1 aliphatic heterocycles. The number of hydrogen-bond donors (Lipinski definition) is 0. The number of Topliss-reactive ketones (excluding diaryl/α,β-unsaturated/α-hetero) is 2. The van der Waals surface area contributed by atoms with E-state index in [0.29, 0.717) is 36.5 Å². The lowest BCUT2D eigenvalue weighted by atomic mass is 9.71. The zero-order chi connectivity index (χ0) is 26.8. The molecule has 5 nitrogen and oxygen atoms in total. The number of ketones is 2. The van der Waals surface area contributed by atoms with Crippen molar-refractivity contribution in [2.75, 3.05) is 13.2 Å². The largest absolute Gasteiger partial charge is 0.490 e. The molecule has 38 heavy (non-hydrogen) atoms. The standard InChI is InChI=1S/C31H33FINO4/c1-3-15-34-23-11-7-13-25(35)29(23)28(30-24(34)12-8-14-26(30)36)20-16-22(33)31(27(17-20)37-4-2)38-18-19-9-5-6-10-21(19)32/h5-6,9-10,16-17,28H,3-4,7-8,11-15,18H2,1-2H3. The molecule has 0 aromatic heterocycles. The van der Waals surface area contributed by atoms with Gasteiger partial charge in [-0.05, 0) is 85.4 Å². The number of hydrogen-bond acceptors (Lipinski definition) is 5. The second kappa shape index (κ2) is 11.6. The van der Waals surface area contributed by atoms with E-state index < -0.39 is 5.92 Å². The van der Waals surface area contributed by atoms with Crippen LogP contribution in [0.4, 0.5) is 4.39 Å². The van der Waals surface area contributed by atoms with E-state index in [2.05, 4.69) is 34.4 Å². The smallest absolute Gasteiger partial charge is 0.174 e. The van der Waals surface area contributed by atoms with Crippen LogP contribution < -0.4 is 9.47 Å². The number of nitrogens with zero attached hydrogens (tertiary/aromatic N) is 1. The van der Waals surface area contributed by atoms with Gasteiger partial charge in [0.1, 0.15) is 12.4 Å². The zero-order valence-corrected chi connectivity index (χ0v) is 24.1. The highest BCUT2D eigenvalue weighted by Crippen LogP contribution is 2.50. The summed E-state index contributed by atoms with van der Waals surface area (Å²) in [5.41, 5.74) is 5.07. The topological polar surface area (TPSA) is 55.8 Å². The molecule has 0 amide bonds. The van der Waals surface area contributed by atoms with Gasteiger partial charge in [-0.2, -0.15) is 0 Å². The maximum Gasteiger partial charge on any atom is 0.174 e. The highest BCUT2D eigenvalue weighted by molar-refractivity contribution is 14.1. The molecule has 0 unspecified atom stereocenters. The molecule has 0 bridgehead atoms. The number of benzene rings is 2. The van der Waals surface area contributed by atoms with Crippen LogP contribution >= 0.6 is 22.6 Å². The van der Waals surface area contributed by atoms with Gasteiger partial charge < -0.3 is 14.4 Å². The van der Waals surface area contributed by atoms with Gasteiger partial charge in [-0.25, -0.2) is 4.39 Å². The van der Waals surface area contributed by atoms with E-state index in [0.717, 1.165) is 70.3 Å². The third-order valence-corrected chi connectivity index (χ3v) is 8.33. The van der Waals surface area contributed by atoms with Crippen LogP contribution in [0.15, 0.2) is 58.9 Å². The van der Waals surface area contributed by atoms with Crippen LogP contribution in [0.2, 0.25) is 0 Å². The second-order valence-corrected chi connectivity index (χ2v) is 11.2. The number of carbonyl (C=O) groups is 2. The Morgan fingerprint density at radius 2 is 1.61 bits per heavy atom. The third kappa shape index (κ3) is 5.01. The third-order valence-electron chi connectivity index (χ3n) is 7.53. The average Bonchev–Trinajstić information content (AvgIpc) is 2.90. The molecular weight excluding hydrogens is 596 g/mol. The number of carbonyl (C=O) groups excluding carboxylic acids is 2. The first-order chi connectivity index (χ1) is 18.4. The lowest BCUT2D eigenvalue weighted by molar-refractivity contribution is -0.117. The van der Waals surface area contributed by atoms with Crippen molar-refractivity contribution in [3.63, 3.8) is 0 Å². The Balaban J connectivity index is 1.62. The first kappa shape index (κ1) is 26.9. The van der Waals surface area contributed by atoms with Gasteiger partial charge >= 0.3 is 0 Å². The summed E-state index contributed by atoms with van der Waals surface area (Å²) in [7, 11) is 0. The Labute approximate surface area is 237 Å². The van der Waals surface area contributed by atoms with Crippen LogP contribution in [0, 0.1) is 9.39 Å². The maximum atomic E-state index is 14.2. The molecular formula is C31H33FINO4. The minimum Gasteiger partial charge on any atom is -0.490 e. The summed E-state index contributed by atoms with van der Waals surface area (Å²) in [5, 5.41) is 0. The first-order valence-corrected chi connectivity index (χ1v) is 14.6. The van der Waals surface area contributed by atoms with E-state index in [9.17, 15) is 14.0 Å². The molecule has 3 aliphatic rings. The Morgan fingerprint density at radius 1 is 0.947 bits per heavy atom. The molecule has 2 aromatic rings. The number of rotatable bonds is 8. The van der Waals surface area contributed by atoms with Crippen molar-refractivity contribution in [2.45, 2.75) is 71.3 Å². The van der Waals surface area contributed by atoms with Crippen LogP contribution in [-0.2, 0) is 16.2 Å². The molecule has 1 heterocycles. The molecule has 0 saturated heterocycles. The molecule has 0 radical (unpaired) electrons. The molecule has 5 rings (SSSR count). The van der Waals surface area contributed by atoms with E-state index in [1.165, 1.54) is 6.07 Å². The monoisotopic (exact) mass is 629 g/mol. The molecule has 0 saturated carbocycles. The maximum absolute atomic E-state index is 14.2. The molecule has 0 fully saturated rings. The average molecular weight is 630 g/mol. The first-order valence-electron chi connectivity index (χ1n) is 13.6. The SMILES string of the molecule is CCCN1C2=C(C(=O)CCC2)C(c2cc(I)c(OCc3ccccc3F)c(OCC)c2)C2=C1CCCC2=O. The summed E-state index contributed by atoms with van der Waals surface area (Å²) < 4.78 is 27.1. The van der Waals surface area contributed by atoms with E-state index >= 15 is 0 Å². The summed E-state index contributed by atoms with van der Waals surface area (Å²) in [6.45, 7) is 5.34. The van der Waals surface area contributed by atoms with Gasteiger partial charge in [-0.3, -0.25) is 9.59 Å². The van der Waals surface area contributed by atoms with Crippen molar-refractivity contribution < 1.29 is 23.5 Å². The summed E-state index contributed by atoms with van der Waals surface area (Å²) in [6, 6.07) is 10.5. The summed E-state index contributed by atoms with van der Waals surface area (Å²) in [5.74, 6) is 0.627. The van der Waals surface area contributed by atoms with Gasteiger partial charge in [0.05, 0.1) is 10.2 Å². The Bertz CT molecular complexity index is 1290. The van der Waals surface area contributed by atoms with Crippen LogP contribution in [-0.4, -0.2) is 29.6 Å². The lowest BCUT2D eigenvalue weighted by Crippen LogP contribution is -2.39. The van der Waals surface area contributed by atoms with Gasteiger partial charge in [0.25, 0.3) is 0 Å². The Hall–Kier alpha value is -2.68. The van der Waals surface area contributed by atoms with Crippen molar-refractivity contribution >= 4 is 34.2 Å². The quantitative estimate of drug-likeness (QED) is 0.289. The molecule has 0 atom stereocenters. The van der Waals surface area contributed by atoms with E-state index in [-0.39, 0.29) is 24.0 Å². The molecule has 200 valence electrons. The second-order valence-electron chi connectivity index (χ2n) is 10.0. The van der Waals surface area contributed by atoms with Crippen molar-refractivity contribution in [1.29, 1.82) is 0 Å². The minimum atomic E-state index is -0.401. The van der Waals surface area contributed by atoms with Crippen LogP contribution in [0.25, 0.3) is 0 Å². The summed E-state index contributed by atoms with van der Waals surface area (Å²) >= 11 is 2.21. The molecule has 0 spiro atoms. The van der Waals surface area contributed by atoms with Gasteiger partial charge in [-0.1, -0.05) is 25.1 Å². The predicted octanol–water partition coefficient (Wildman–Crippen LogP) is 7.23. The van der Waals surface area contributed by atoms with Crippen molar-refractivity contribution in [3.05, 3.63) is 79.5 Å². The summed E-state index contributed by atoms with van der Waals surface area (Å²) in [4.78, 5) is 29.3. The van der Waals surface area contributed by atoms with Crippen molar-refractivity contribution in [1.82, 2.24) is 4.90 Å². The minimum absolute atomic E-state index is 0.0685. The van der Waals surface area contributed by atoms with E-state index in [4.69, 9.17) is 9.47 Å². The Morgan fingerprint density at radius 3 is 2.21 bits per heavy atom. The van der Waals surface area contributed by atoms with Crippen molar-refractivity contribution in [2.24, 2.45) is 0 Å². The number of allylic oxidation sites excluding steroid dienone is 4. The highest BCUT2D eigenvalue weighted by atomic mass is 127. The van der Waals surface area contributed by atoms with E-state index in [1.807, 2.05) is 19.1 Å². The molecule has 0 N–H and O–H groups in total. The van der Waals surface area contributed by atoms with Crippen molar-refractivity contribution in [3.8, 4) is 11.5 Å². The van der Waals surface area contributed by atoms with Gasteiger partial charge in [0.2, 0.25) is 0 Å². The fourth-order valence-electron chi connectivity index (χ4n) is 5.97. The number of ether oxygens (including phenoxy) is 2. The molecule has 7 heteroatoms. The Kier molecular flexibility index (Phi) is 8.21. The van der Waals surface area contributed by atoms with E-state index in [1.54, 1.807) is 18.2 Å². The molecule has 2 aromatic carbocycles. The van der Waals surface area contributed by atoms with Crippen LogP contribution in [0.1, 0.15) is 75.8 Å². The van der Waals surface area contributed by atoms with Gasteiger partial charge in [0, 0.05) is 53.4 Å². The fraction of sp³-hybridized carbons (Fsp3) is 0.419. The predicted molar refractivity (Wildman–Crippen MR) is 153 cm³/mol. The fourth-order valence-corrected chi connectivity index (χ4v) is 6.75. The summed E-state index contributed by atoms with van der Waals surface area (Å²) in [6.07, 6.45) is 5.33. The lowest BCUT2D eigenvalue weighted by Gasteiger charge is -2.44. The van der Waals surface area contributed by atoms with Crippen LogP contribution in [0.5, 0.6) is 11.5 Å². The van der Waals surface area contributed by atoms with Gasteiger partial charge in [-0.15, -0.1) is 0 Å². The van der Waals surface area contributed by atoms with Crippen LogP contribution in [0.3, 0.4) is 0 Å². The zero-order valence-electron chi connectivity index (χ0n) is 21.9. The highest BCUT2D eigenvalue weighted by Gasteiger charge is 2.43. The van der Waals surface area contributed by atoms with Gasteiger partial charge in [0.15, 0.2) is 23.1 Å². The molecule has 2 aliphatic carbocycles. The normalized spacial score (nSPS) is 18.1. The number of halogens is 2.